The van der Waals surface area contributed by atoms with Crippen molar-refractivity contribution in [2.24, 2.45) is 0 Å². The average molecular weight is 358 g/mol. The van der Waals surface area contributed by atoms with Gasteiger partial charge in [0, 0.05) is 10.2 Å². The van der Waals surface area contributed by atoms with Crippen molar-refractivity contribution in [3.05, 3.63) is 63.6 Å². The van der Waals surface area contributed by atoms with Crippen molar-refractivity contribution in [2.45, 2.75) is 13.1 Å². The first kappa shape index (κ1) is 15.6. The molecule has 1 amide bonds. The van der Waals surface area contributed by atoms with Crippen molar-refractivity contribution in [3.8, 4) is 0 Å². The zero-order valence-corrected chi connectivity index (χ0v) is 12.5. The van der Waals surface area contributed by atoms with Crippen LogP contribution in [0.2, 0.25) is 0 Å². The minimum absolute atomic E-state index is 0.307. The van der Waals surface area contributed by atoms with Crippen LogP contribution in [-0.4, -0.2) is 5.91 Å². The number of rotatable bonds is 2. The summed E-state index contributed by atoms with van der Waals surface area (Å²) in [5.41, 5.74) is 0.878. The lowest BCUT2D eigenvalue weighted by molar-refractivity contribution is -0.137. The highest BCUT2D eigenvalue weighted by molar-refractivity contribution is 9.10. The molecule has 6 heteroatoms. The number of aryl methyl sites for hydroxylation is 1. The molecular formula is C15H11BrF3NO. The Hall–Kier alpha value is -1.82. The summed E-state index contributed by atoms with van der Waals surface area (Å²) < 4.78 is 38.0. The van der Waals surface area contributed by atoms with Crippen LogP contribution < -0.4 is 5.32 Å². The van der Waals surface area contributed by atoms with Gasteiger partial charge < -0.3 is 5.32 Å². The van der Waals surface area contributed by atoms with E-state index in [0.29, 0.717) is 15.7 Å². The number of carbonyl (C=O) groups excluding carboxylic acids is 1. The standard InChI is InChI=1S/C15H11BrF3NO/c1-9-3-2-4-12(13(9)16)14(21)20-11-7-5-10(6-8-11)15(17,18)19/h2-8H,1H3,(H,20,21). The molecule has 0 heterocycles. The van der Waals surface area contributed by atoms with Gasteiger partial charge in [0.15, 0.2) is 0 Å². The molecule has 0 fully saturated rings. The van der Waals surface area contributed by atoms with Crippen LogP contribution >= 0.6 is 15.9 Å². The predicted octanol–water partition coefficient (Wildman–Crippen LogP) is 5.03. The number of alkyl halides is 3. The second-order valence-corrected chi connectivity index (χ2v) is 5.26. The minimum Gasteiger partial charge on any atom is -0.322 e. The molecule has 0 aliphatic heterocycles. The molecule has 0 saturated carbocycles. The van der Waals surface area contributed by atoms with Crippen LogP contribution in [0.15, 0.2) is 46.9 Å². The largest absolute Gasteiger partial charge is 0.416 e. The molecule has 2 aromatic carbocycles. The Morgan fingerprint density at radius 3 is 2.29 bits per heavy atom. The summed E-state index contributed by atoms with van der Waals surface area (Å²) in [6.07, 6.45) is -4.39. The Balaban J connectivity index is 2.18. The lowest BCUT2D eigenvalue weighted by Crippen LogP contribution is -2.13. The van der Waals surface area contributed by atoms with Crippen LogP contribution in [0.5, 0.6) is 0 Å². The van der Waals surface area contributed by atoms with Crippen molar-refractivity contribution in [2.75, 3.05) is 5.32 Å². The molecule has 21 heavy (non-hydrogen) atoms. The number of carbonyl (C=O) groups is 1. The zero-order chi connectivity index (χ0) is 15.6. The molecule has 110 valence electrons. The molecule has 0 unspecified atom stereocenters. The summed E-state index contributed by atoms with van der Waals surface area (Å²) in [4.78, 5) is 12.1. The van der Waals surface area contributed by atoms with Crippen molar-refractivity contribution >= 4 is 27.5 Å². The third-order valence-electron chi connectivity index (χ3n) is 2.91. The number of amides is 1. The maximum atomic E-state index is 12.5. The molecule has 1 N–H and O–H groups in total. The Labute approximate surface area is 128 Å². The van der Waals surface area contributed by atoms with E-state index < -0.39 is 11.7 Å². The molecule has 0 atom stereocenters. The van der Waals surface area contributed by atoms with E-state index in [0.717, 1.165) is 17.7 Å². The van der Waals surface area contributed by atoms with Crippen LogP contribution in [-0.2, 0) is 6.18 Å². The summed E-state index contributed by atoms with van der Waals surface area (Å²) in [5.74, 6) is -0.384. The normalized spacial score (nSPS) is 11.3. The van der Waals surface area contributed by atoms with Crippen molar-refractivity contribution in [3.63, 3.8) is 0 Å². The van der Waals surface area contributed by atoms with E-state index in [-0.39, 0.29) is 5.91 Å². The number of benzene rings is 2. The molecule has 0 aromatic heterocycles. The molecular weight excluding hydrogens is 347 g/mol. The van der Waals surface area contributed by atoms with E-state index in [4.69, 9.17) is 0 Å². The lowest BCUT2D eigenvalue weighted by atomic mass is 10.1. The fourth-order valence-electron chi connectivity index (χ4n) is 1.76. The summed E-state index contributed by atoms with van der Waals surface area (Å²) >= 11 is 3.32. The summed E-state index contributed by atoms with van der Waals surface area (Å²) in [7, 11) is 0. The van der Waals surface area contributed by atoms with E-state index in [1.54, 1.807) is 12.1 Å². The van der Waals surface area contributed by atoms with Crippen molar-refractivity contribution < 1.29 is 18.0 Å². The number of hydrogen-bond acceptors (Lipinski definition) is 1. The Morgan fingerprint density at radius 2 is 1.71 bits per heavy atom. The molecule has 0 bridgehead atoms. The van der Waals surface area contributed by atoms with Crippen LogP contribution in [0, 0.1) is 6.92 Å². The maximum Gasteiger partial charge on any atom is 0.416 e. The van der Waals surface area contributed by atoms with E-state index >= 15 is 0 Å². The molecule has 2 aromatic rings. The Morgan fingerprint density at radius 1 is 1.10 bits per heavy atom. The van der Waals surface area contributed by atoms with Gasteiger partial charge in [-0.05, 0) is 58.7 Å². The van der Waals surface area contributed by atoms with Crippen LogP contribution in [0.4, 0.5) is 18.9 Å². The van der Waals surface area contributed by atoms with Crippen molar-refractivity contribution in [1.29, 1.82) is 0 Å². The van der Waals surface area contributed by atoms with Gasteiger partial charge in [0.2, 0.25) is 0 Å². The first-order chi connectivity index (χ1) is 9.79. The molecule has 0 radical (unpaired) electrons. The Bertz CT molecular complexity index is 666. The molecule has 2 rings (SSSR count). The van der Waals surface area contributed by atoms with Gasteiger partial charge in [-0.1, -0.05) is 12.1 Å². The third kappa shape index (κ3) is 3.64. The zero-order valence-electron chi connectivity index (χ0n) is 11.0. The molecule has 0 spiro atoms. The van der Waals surface area contributed by atoms with E-state index in [9.17, 15) is 18.0 Å². The Kier molecular flexibility index (Phi) is 4.37. The smallest absolute Gasteiger partial charge is 0.322 e. The fourth-order valence-corrected chi connectivity index (χ4v) is 2.21. The summed E-state index contributed by atoms with van der Waals surface area (Å²) in [6.45, 7) is 1.85. The molecule has 0 saturated heterocycles. The van der Waals surface area contributed by atoms with Crippen LogP contribution in [0.3, 0.4) is 0 Å². The van der Waals surface area contributed by atoms with Gasteiger partial charge in [0.1, 0.15) is 0 Å². The first-order valence-electron chi connectivity index (χ1n) is 6.03. The SMILES string of the molecule is Cc1cccc(C(=O)Nc2ccc(C(F)(F)F)cc2)c1Br. The monoisotopic (exact) mass is 357 g/mol. The molecule has 2 nitrogen and oxygen atoms in total. The average Bonchev–Trinajstić information content (AvgIpc) is 2.41. The van der Waals surface area contributed by atoms with Gasteiger partial charge in [0.05, 0.1) is 11.1 Å². The van der Waals surface area contributed by atoms with Crippen molar-refractivity contribution in [1.82, 2.24) is 0 Å². The van der Waals surface area contributed by atoms with E-state index in [1.165, 1.54) is 12.1 Å². The topological polar surface area (TPSA) is 29.1 Å². The second kappa shape index (κ2) is 5.89. The van der Waals surface area contributed by atoms with Crippen LogP contribution in [0.1, 0.15) is 21.5 Å². The number of nitrogens with one attached hydrogen (secondary N) is 1. The summed E-state index contributed by atoms with van der Waals surface area (Å²) in [6, 6.07) is 9.54. The highest BCUT2D eigenvalue weighted by Crippen LogP contribution is 2.30. The van der Waals surface area contributed by atoms with Gasteiger partial charge in [-0.15, -0.1) is 0 Å². The van der Waals surface area contributed by atoms with E-state index in [1.807, 2.05) is 13.0 Å². The predicted molar refractivity (Wildman–Crippen MR) is 78.3 cm³/mol. The van der Waals surface area contributed by atoms with E-state index in [2.05, 4.69) is 21.2 Å². The second-order valence-electron chi connectivity index (χ2n) is 4.47. The van der Waals surface area contributed by atoms with Gasteiger partial charge in [-0.25, -0.2) is 0 Å². The maximum absolute atomic E-state index is 12.5. The summed E-state index contributed by atoms with van der Waals surface area (Å²) in [5, 5.41) is 2.57. The highest BCUT2D eigenvalue weighted by Gasteiger charge is 2.30. The number of hydrogen-bond donors (Lipinski definition) is 1. The molecule has 0 aliphatic carbocycles. The number of anilines is 1. The number of halogens is 4. The lowest BCUT2D eigenvalue weighted by Gasteiger charge is -2.10. The van der Waals surface area contributed by atoms with Gasteiger partial charge in [-0.3, -0.25) is 4.79 Å². The third-order valence-corrected chi connectivity index (χ3v) is 3.96. The van der Waals surface area contributed by atoms with Gasteiger partial charge in [0.25, 0.3) is 5.91 Å². The minimum atomic E-state index is -4.39. The van der Waals surface area contributed by atoms with Gasteiger partial charge >= 0.3 is 6.18 Å². The first-order valence-corrected chi connectivity index (χ1v) is 6.82. The fraction of sp³-hybridized carbons (Fsp3) is 0.133. The van der Waals surface area contributed by atoms with Crippen LogP contribution in [0.25, 0.3) is 0 Å². The van der Waals surface area contributed by atoms with Gasteiger partial charge in [-0.2, -0.15) is 13.2 Å². The highest BCUT2D eigenvalue weighted by atomic mass is 79.9. The quantitative estimate of drug-likeness (QED) is 0.802. The molecule has 0 aliphatic rings.